The van der Waals surface area contributed by atoms with Gasteiger partial charge in [-0.15, -0.1) is 0 Å². The second-order valence-corrected chi connectivity index (χ2v) is 5.46. The van der Waals surface area contributed by atoms with E-state index in [1.807, 2.05) is 25.4 Å². The first-order chi connectivity index (χ1) is 10.2. The Hall–Kier alpha value is -1.90. The molecule has 5 heteroatoms. The molecule has 0 aromatic carbocycles. The number of nitrogens with two attached hydrogens (primary N) is 1. The van der Waals surface area contributed by atoms with Crippen LogP contribution >= 0.6 is 0 Å². The van der Waals surface area contributed by atoms with Gasteiger partial charge in [0.15, 0.2) is 0 Å². The average molecular weight is 285 g/mol. The van der Waals surface area contributed by atoms with Crippen molar-refractivity contribution in [1.29, 1.82) is 5.26 Å². The van der Waals surface area contributed by atoms with E-state index in [-0.39, 0.29) is 6.04 Å². The van der Waals surface area contributed by atoms with Crippen molar-refractivity contribution in [1.82, 2.24) is 10.2 Å². The Morgan fingerprint density at radius 2 is 2.33 bits per heavy atom. The topological polar surface area (TPSA) is 77.4 Å². The quantitative estimate of drug-likeness (QED) is 0.747. The first kappa shape index (κ1) is 15.5. The van der Waals surface area contributed by atoms with Gasteiger partial charge in [0.2, 0.25) is 0 Å². The van der Waals surface area contributed by atoms with Gasteiger partial charge in [-0.25, -0.2) is 0 Å². The number of nitriles is 1. The van der Waals surface area contributed by atoms with E-state index >= 15 is 0 Å². The highest BCUT2D eigenvalue weighted by Crippen LogP contribution is 2.18. The fraction of sp³-hybridized carbons (Fsp3) is 0.500. The van der Waals surface area contributed by atoms with Crippen molar-refractivity contribution in [2.24, 2.45) is 10.7 Å². The Morgan fingerprint density at radius 3 is 2.95 bits per heavy atom. The summed E-state index contributed by atoms with van der Waals surface area (Å²) in [6, 6.07) is 2.38. The molecule has 0 aromatic heterocycles. The van der Waals surface area contributed by atoms with Crippen LogP contribution in [-0.4, -0.2) is 43.8 Å². The van der Waals surface area contributed by atoms with Crippen LogP contribution in [0.2, 0.25) is 0 Å². The highest BCUT2D eigenvalue weighted by atomic mass is 15.1. The predicted molar refractivity (Wildman–Crippen MR) is 85.7 cm³/mol. The number of aliphatic imine (C=N–C) groups is 1. The van der Waals surface area contributed by atoms with Crippen LogP contribution in [0.4, 0.5) is 0 Å². The van der Waals surface area contributed by atoms with Crippen LogP contribution in [-0.2, 0) is 0 Å². The van der Waals surface area contributed by atoms with Crippen molar-refractivity contribution < 1.29 is 0 Å². The predicted octanol–water partition coefficient (Wildman–Crippen LogP) is 1.32. The lowest BCUT2D eigenvalue weighted by molar-refractivity contribution is 0.373. The highest BCUT2D eigenvalue weighted by Gasteiger charge is 2.14. The van der Waals surface area contributed by atoms with Crippen LogP contribution in [0, 0.1) is 11.3 Å². The number of nitrogens with zero attached hydrogens (tertiary/aromatic N) is 3. The van der Waals surface area contributed by atoms with Gasteiger partial charge < -0.3 is 11.1 Å². The molecule has 112 valence electrons. The number of hydrogen-bond donors (Lipinski definition) is 2. The molecule has 2 rings (SSSR count). The smallest absolute Gasteiger partial charge is 0.0948 e. The lowest BCUT2D eigenvalue weighted by Gasteiger charge is -2.17. The molecule has 1 saturated heterocycles. The summed E-state index contributed by atoms with van der Waals surface area (Å²) in [5.41, 5.74) is 8.27. The van der Waals surface area contributed by atoms with E-state index in [9.17, 15) is 0 Å². The minimum absolute atomic E-state index is 0.167. The van der Waals surface area contributed by atoms with Crippen LogP contribution in [0.3, 0.4) is 0 Å². The van der Waals surface area contributed by atoms with Gasteiger partial charge in [0.1, 0.15) is 0 Å². The van der Waals surface area contributed by atoms with E-state index in [4.69, 9.17) is 11.0 Å². The fourth-order valence-electron chi connectivity index (χ4n) is 2.62. The third-order valence-corrected chi connectivity index (χ3v) is 3.85. The van der Waals surface area contributed by atoms with Crippen molar-refractivity contribution >= 4 is 6.21 Å². The van der Waals surface area contributed by atoms with Gasteiger partial charge in [-0.2, -0.15) is 5.26 Å². The molecule has 1 aliphatic carbocycles. The molecule has 0 bridgehead atoms. The maximum atomic E-state index is 9.07. The molecule has 2 aliphatic rings. The standard InChI is InChI=1S/C16H23N5/c1-19-15-6-13(9-17)7-16(8-15)20-11-14(10-18)12-21-4-2-3-5-21/h7-8,10-11,15,19H,2-6,12,18H2,1H3/b14-10+,20-11?. The number of hydrogen-bond acceptors (Lipinski definition) is 5. The molecule has 3 N–H and O–H groups in total. The van der Waals surface area contributed by atoms with Gasteiger partial charge in [0.25, 0.3) is 0 Å². The minimum atomic E-state index is 0.167. The summed E-state index contributed by atoms with van der Waals surface area (Å²) in [6.45, 7) is 3.11. The van der Waals surface area contributed by atoms with Crippen molar-refractivity contribution in [3.8, 4) is 6.07 Å². The molecule has 0 radical (unpaired) electrons. The van der Waals surface area contributed by atoms with Gasteiger partial charge in [-0.1, -0.05) is 0 Å². The Balaban J connectivity index is 2.02. The number of nitrogens with one attached hydrogen (secondary N) is 1. The Bertz CT molecular complexity index is 515. The zero-order valence-corrected chi connectivity index (χ0v) is 12.5. The molecule has 21 heavy (non-hydrogen) atoms. The second kappa shape index (κ2) is 7.77. The van der Waals surface area contributed by atoms with E-state index in [1.54, 1.807) is 6.20 Å². The lowest BCUT2D eigenvalue weighted by atomic mass is 10.00. The zero-order chi connectivity index (χ0) is 15.1. The van der Waals surface area contributed by atoms with E-state index in [1.165, 1.54) is 12.8 Å². The van der Waals surface area contributed by atoms with Gasteiger partial charge in [-0.05, 0) is 56.9 Å². The van der Waals surface area contributed by atoms with Crippen LogP contribution in [0.15, 0.2) is 40.2 Å². The second-order valence-electron chi connectivity index (χ2n) is 5.46. The molecule has 0 spiro atoms. The van der Waals surface area contributed by atoms with Crippen LogP contribution < -0.4 is 11.1 Å². The summed E-state index contributed by atoms with van der Waals surface area (Å²) < 4.78 is 0. The number of rotatable bonds is 5. The molecule has 1 fully saturated rings. The number of likely N-dealkylation sites (N-methyl/N-ethyl adjacent to an activating group) is 1. The molecule has 0 amide bonds. The molecule has 5 nitrogen and oxygen atoms in total. The summed E-state index contributed by atoms with van der Waals surface area (Å²) in [4.78, 5) is 6.87. The third kappa shape index (κ3) is 4.55. The molecule has 1 atom stereocenters. The van der Waals surface area contributed by atoms with E-state index in [0.717, 1.165) is 42.9 Å². The first-order valence-corrected chi connectivity index (χ1v) is 7.42. The lowest BCUT2D eigenvalue weighted by Crippen LogP contribution is -2.25. The number of likely N-dealkylation sites (tertiary alicyclic amines) is 1. The zero-order valence-electron chi connectivity index (χ0n) is 12.5. The monoisotopic (exact) mass is 285 g/mol. The molecular weight excluding hydrogens is 262 g/mol. The van der Waals surface area contributed by atoms with Gasteiger partial charge in [-0.3, -0.25) is 9.89 Å². The first-order valence-electron chi connectivity index (χ1n) is 7.42. The highest BCUT2D eigenvalue weighted by molar-refractivity contribution is 5.80. The summed E-state index contributed by atoms with van der Waals surface area (Å²) in [5.74, 6) is 0. The Labute approximate surface area is 126 Å². The van der Waals surface area contributed by atoms with Crippen molar-refractivity contribution in [3.63, 3.8) is 0 Å². The summed E-state index contributed by atoms with van der Waals surface area (Å²) >= 11 is 0. The van der Waals surface area contributed by atoms with Crippen molar-refractivity contribution in [3.05, 3.63) is 35.2 Å². The summed E-state index contributed by atoms with van der Waals surface area (Å²) in [6.07, 6.45) is 10.6. The van der Waals surface area contributed by atoms with E-state index in [0.29, 0.717) is 0 Å². The molecule has 1 unspecified atom stereocenters. The maximum Gasteiger partial charge on any atom is 0.0948 e. The number of allylic oxidation sites excluding steroid dienone is 1. The van der Waals surface area contributed by atoms with Crippen molar-refractivity contribution in [2.75, 3.05) is 26.7 Å². The minimum Gasteiger partial charge on any atom is -0.404 e. The summed E-state index contributed by atoms with van der Waals surface area (Å²) in [5, 5.41) is 12.2. The third-order valence-electron chi connectivity index (χ3n) is 3.85. The maximum absolute atomic E-state index is 9.07. The SMILES string of the molecule is CNC1C=C(N=C/C(=C\N)CN2CCCC2)C=C(C#N)C1. The van der Waals surface area contributed by atoms with Gasteiger partial charge >= 0.3 is 0 Å². The largest absolute Gasteiger partial charge is 0.404 e. The Morgan fingerprint density at radius 1 is 1.57 bits per heavy atom. The van der Waals surface area contributed by atoms with Crippen LogP contribution in [0.25, 0.3) is 0 Å². The van der Waals surface area contributed by atoms with Gasteiger partial charge in [0, 0.05) is 30.8 Å². The molecule has 1 aliphatic heterocycles. The molecule has 1 heterocycles. The van der Waals surface area contributed by atoms with E-state index in [2.05, 4.69) is 21.3 Å². The molecule has 0 saturated carbocycles. The van der Waals surface area contributed by atoms with Crippen LogP contribution in [0.5, 0.6) is 0 Å². The average Bonchev–Trinajstić information content (AvgIpc) is 3.03. The van der Waals surface area contributed by atoms with Crippen LogP contribution in [0.1, 0.15) is 19.3 Å². The molecule has 0 aromatic rings. The Kier molecular flexibility index (Phi) is 5.73. The summed E-state index contributed by atoms with van der Waals surface area (Å²) in [7, 11) is 1.89. The molecular formula is C16H23N5. The van der Waals surface area contributed by atoms with Crippen molar-refractivity contribution in [2.45, 2.75) is 25.3 Å². The normalized spacial score (nSPS) is 24.0. The fourth-order valence-corrected chi connectivity index (χ4v) is 2.62. The van der Waals surface area contributed by atoms with E-state index < -0.39 is 0 Å². The van der Waals surface area contributed by atoms with Gasteiger partial charge in [0.05, 0.1) is 11.8 Å².